The number of aliphatic hydroxyl groups excluding tert-OH is 1. The van der Waals surface area contributed by atoms with Gasteiger partial charge in [-0.3, -0.25) is 14.7 Å². The molecule has 2 fully saturated rings. The topological polar surface area (TPSA) is 56.7 Å². The molecule has 3 atom stereocenters. The van der Waals surface area contributed by atoms with Crippen molar-refractivity contribution < 1.29 is 9.90 Å². The van der Waals surface area contributed by atoms with Crippen LogP contribution in [0.5, 0.6) is 0 Å². The van der Waals surface area contributed by atoms with Gasteiger partial charge in [-0.15, -0.1) is 0 Å². The number of nitrogens with zero attached hydrogens (tertiary/aromatic N) is 3. The fourth-order valence-electron chi connectivity index (χ4n) is 3.19. The van der Waals surface area contributed by atoms with Gasteiger partial charge in [-0.1, -0.05) is 6.07 Å². The molecule has 1 aliphatic heterocycles. The highest BCUT2D eigenvalue weighted by Gasteiger charge is 2.46. The van der Waals surface area contributed by atoms with Gasteiger partial charge in [0.15, 0.2) is 0 Å². The molecule has 5 heteroatoms. The van der Waals surface area contributed by atoms with Gasteiger partial charge in [0.05, 0.1) is 6.10 Å². The monoisotopic (exact) mass is 289 g/mol. The van der Waals surface area contributed by atoms with Crippen molar-refractivity contribution in [1.29, 1.82) is 0 Å². The summed E-state index contributed by atoms with van der Waals surface area (Å²) in [6, 6.07) is 4.00. The molecule has 21 heavy (non-hydrogen) atoms. The van der Waals surface area contributed by atoms with E-state index in [4.69, 9.17) is 0 Å². The lowest BCUT2D eigenvalue weighted by Gasteiger charge is -2.35. The van der Waals surface area contributed by atoms with Crippen molar-refractivity contribution in [3.63, 3.8) is 0 Å². The van der Waals surface area contributed by atoms with Crippen LogP contribution >= 0.6 is 0 Å². The largest absolute Gasteiger partial charge is 0.392 e. The third-order valence-electron chi connectivity index (χ3n) is 4.43. The Morgan fingerprint density at radius 2 is 2.19 bits per heavy atom. The van der Waals surface area contributed by atoms with E-state index in [2.05, 4.69) is 16.0 Å². The Labute approximate surface area is 125 Å². The molecule has 1 aromatic rings. The van der Waals surface area contributed by atoms with E-state index in [9.17, 15) is 9.90 Å². The minimum absolute atomic E-state index is 0.150. The fourth-order valence-corrected chi connectivity index (χ4v) is 3.19. The minimum Gasteiger partial charge on any atom is -0.392 e. The first-order chi connectivity index (χ1) is 10.1. The number of rotatable bonds is 4. The fraction of sp³-hybridized carbons (Fsp3) is 0.625. The second-order valence-corrected chi connectivity index (χ2v) is 6.21. The van der Waals surface area contributed by atoms with Crippen molar-refractivity contribution in [3.8, 4) is 0 Å². The maximum absolute atomic E-state index is 12.5. The molecule has 1 saturated carbocycles. The van der Waals surface area contributed by atoms with Gasteiger partial charge in [0.1, 0.15) is 0 Å². The molecule has 2 aliphatic rings. The summed E-state index contributed by atoms with van der Waals surface area (Å²) in [6.07, 6.45) is 4.30. The molecule has 2 heterocycles. The summed E-state index contributed by atoms with van der Waals surface area (Å²) in [5, 5.41) is 9.41. The zero-order valence-electron chi connectivity index (χ0n) is 12.5. The summed E-state index contributed by atoms with van der Waals surface area (Å²) < 4.78 is 0. The second-order valence-electron chi connectivity index (χ2n) is 6.21. The third kappa shape index (κ3) is 3.41. The Morgan fingerprint density at radius 1 is 1.43 bits per heavy atom. The Morgan fingerprint density at radius 3 is 2.81 bits per heavy atom. The molecule has 0 unspecified atom stereocenters. The highest BCUT2D eigenvalue weighted by atomic mass is 16.3. The van der Waals surface area contributed by atoms with Gasteiger partial charge >= 0.3 is 0 Å². The van der Waals surface area contributed by atoms with E-state index in [0.717, 1.165) is 32.6 Å². The van der Waals surface area contributed by atoms with Crippen molar-refractivity contribution >= 4 is 5.91 Å². The van der Waals surface area contributed by atoms with E-state index in [1.165, 1.54) is 5.56 Å². The summed E-state index contributed by atoms with van der Waals surface area (Å²) in [6.45, 7) is 5.79. The molecule has 1 aromatic heterocycles. The number of aliphatic hydroxyl groups is 1. The van der Waals surface area contributed by atoms with Gasteiger partial charge < -0.3 is 10.0 Å². The van der Waals surface area contributed by atoms with Crippen molar-refractivity contribution in [2.45, 2.75) is 25.4 Å². The first-order valence-corrected chi connectivity index (χ1v) is 7.74. The first-order valence-electron chi connectivity index (χ1n) is 7.74. The molecular weight excluding hydrogens is 266 g/mol. The molecule has 1 N–H and O–H groups in total. The van der Waals surface area contributed by atoms with Crippen LogP contribution in [-0.2, 0) is 4.79 Å². The number of hydrogen-bond donors (Lipinski definition) is 1. The maximum atomic E-state index is 12.5. The number of hydrogen-bond acceptors (Lipinski definition) is 4. The van der Waals surface area contributed by atoms with Gasteiger partial charge in [0, 0.05) is 51.0 Å². The lowest BCUT2D eigenvalue weighted by atomic mass is 10.1. The number of β-amino-alcohol motifs (C(OH)–C–C–N with tert-alkyl or cyclic N) is 1. The zero-order valence-corrected chi connectivity index (χ0v) is 12.5. The number of piperazine rings is 1. The average Bonchev–Trinajstić information content (AvgIpc) is 3.28. The summed E-state index contributed by atoms with van der Waals surface area (Å²) in [4.78, 5) is 20.9. The molecule has 5 nitrogen and oxygen atoms in total. The number of pyridine rings is 1. The smallest absolute Gasteiger partial charge is 0.226 e. The quantitative estimate of drug-likeness (QED) is 0.887. The summed E-state index contributed by atoms with van der Waals surface area (Å²) >= 11 is 0. The Balaban J connectivity index is 1.50. The number of carbonyl (C=O) groups is 1. The molecular formula is C16H23N3O2. The van der Waals surface area contributed by atoms with Gasteiger partial charge in [-0.25, -0.2) is 0 Å². The van der Waals surface area contributed by atoms with Crippen LogP contribution < -0.4 is 0 Å². The maximum Gasteiger partial charge on any atom is 0.226 e. The van der Waals surface area contributed by atoms with Crippen LogP contribution in [0, 0.1) is 5.92 Å². The molecule has 0 aromatic carbocycles. The molecule has 1 aliphatic carbocycles. The first kappa shape index (κ1) is 14.5. The van der Waals surface area contributed by atoms with Crippen LogP contribution in [0.2, 0.25) is 0 Å². The zero-order chi connectivity index (χ0) is 14.8. The highest BCUT2D eigenvalue weighted by molar-refractivity contribution is 5.83. The van der Waals surface area contributed by atoms with Crippen molar-refractivity contribution in [1.82, 2.24) is 14.8 Å². The van der Waals surface area contributed by atoms with Crippen LogP contribution in [0.25, 0.3) is 0 Å². The van der Waals surface area contributed by atoms with E-state index in [1.54, 1.807) is 13.1 Å². The second kappa shape index (κ2) is 6.12. The molecule has 114 valence electrons. The van der Waals surface area contributed by atoms with Gasteiger partial charge in [0.2, 0.25) is 5.91 Å². The Kier molecular flexibility index (Phi) is 4.22. The third-order valence-corrected chi connectivity index (χ3v) is 4.43. The summed E-state index contributed by atoms with van der Waals surface area (Å²) in [7, 11) is 0. The molecule has 0 spiro atoms. The van der Waals surface area contributed by atoms with Gasteiger partial charge in [-0.2, -0.15) is 0 Å². The highest BCUT2D eigenvalue weighted by Crippen LogP contribution is 2.48. The summed E-state index contributed by atoms with van der Waals surface area (Å²) in [5.41, 5.74) is 1.18. The standard InChI is InChI=1S/C16H23N3O2/c1-12(20)11-18-5-7-19(8-6-18)16(21)15-9-14(15)13-3-2-4-17-10-13/h2-4,10,12,14-15,20H,5-9,11H2,1H3/t12-,14+,15-/m0/s1. The molecule has 3 rings (SSSR count). The van der Waals surface area contributed by atoms with E-state index in [-0.39, 0.29) is 12.0 Å². The predicted octanol–water partition coefficient (Wildman–Crippen LogP) is 0.710. The SMILES string of the molecule is C[C@H](O)CN1CCN(C(=O)[C@H]2C[C@@H]2c2cccnc2)CC1. The van der Waals surface area contributed by atoms with Crippen molar-refractivity contribution in [3.05, 3.63) is 30.1 Å². The van der Waals surface area contributed by atoms with Crippen LogP contribution in [0.15, 0.2) is 24.5 Å². The van der Waals surface area contributed by atoms with E-state index in [1.807, 2.05) is 17.2 Å². The van der Waals surface area contributed by atoms with Crippen molar-refractivity contribution in [2.24, 2.45) is 5.92 Å². The number of aromatic nitrogens is 1. The van der Waals surface area contributed by atoms with Gasteiger partial charge in [-0.05, 0) is 30.9 Å². The number of amides is 1. The van der Waals surface area contributed by atoms with E-state index >= 15 is 0 Å². The minimum atomic E-state index is -0.300. The van der Waals surface area contributed by atoms with Gasteiger partial charge in [0.25, 0.3) is 0 Å². The molecule has 0 radical (unpaired) electrons. The van der Waals surface area contributed by atoms with Crippen LogP contribution in [0.4, 0.5) is 0 Å². The summed E-state index contributed by atoms with van der Waals surface area (Å²) in [5.74, 6) is 0.805. The van der Waals surface area contributed by atoms with Crippen LogP contribution in [-0.4, -0.2) is 64.6 Å². The molecule has 1 amide bonds. The van der Waals surface area contributed by atoms with Crippen LogP contribution in [0.3, 0.4) is 0 Å². The molecule has 1 saturated heterocycles. The van der Waals surface area contributed by atoms with E-state index < -0.39 is 0 Å². The lowest BCUT2D eigenvalue weighted by Crippen LogP contribution is -2.50. The van der Waals surface area contributed by atoms with E-state index in [0.29, 0.717) is 18.4 Å². The molecule has 0 bridgehead atoms. The average molecular weight is 289 g/mol. The van der Waals surface area contributed by atoms with Crippen molar-refractivity contribution in [2.75, 3.05) is 32.7 Å². The number of carbonyl (C=O) groups excluding carboxylic acids is 1. The lowest BCUT2D eigenvalue weighted by molar-refractivity contribution is -0.134. The van der Waals surface area contributed by atoms with Crippen LogP contribution in [0.1, 0.15) is 24.8 Å². The predicted molar refractivity (Wildman–Crippen MR) is 79.8 cm³/mol. The normalized spacial score (nSPS) is 27.4. The Bertz CT molecular complexity index is 484. The Hall–Kier alpha value is -1.46.